The first kappa shape index (κ1) is 15.1. The third-order valence-electron chi connectivity index (χ3n) is 3.51. The molecule has 0 atom stereocenters. The summed E-state index contributed by atoms with van der Waals surface area (Å²) in [6.45, 7) is 4.64. The summed E-state index contributed by atoms with van der Waals surface area (Å²) >= 11 is 1.81. The van der Waals surface area contributed by atoms with Gasteiger partial charge in [-0.15, -0.1) is 0 Å². The number of aromatic nitrogens is 2. The van der Waals surface area contributed by atoms with Crippen molar-refractivity contribution in [2.24, 2.45) is 5.84 Å². The van der Waals surface area contributed by atoms with Gasteiger partial charge in [0.15, 0.2) is 5.69 Å². The number of amides is 1. The Morgan fingerprint density at radius 2 is 2.25 bits per heavy atom. The average Bonchev–Trinajstić information content (AvgIpc) is 3.24. The fourth-order valence-corrected chi connectivity index (χ4v) is 2.60. The van der Waals surface area contributed by atoms with E-state index in [0.29, 0.717) is 23.8 Å². The summed E-state index contributed by atoms with van der Waals surface area (Å²) in [6, 6.07) is 0. The van der Waals surface area contributed by atoms with Crippen molar-refractivity contribution >= 4 is 23.4 Å². The van der Waals surface area contributed by atoms with Crippen molar-refractivity contribution < 1.29 is 4.79 Å². The van der Waals surface area contributed by atoms with E-state index in [9.17, 15) is 4.79 Å². The van der Waals surface area contributed by atoms with Crippen molar-refractivity contribution in [3.8, 4) is 0 Å². The van der Waals surface area contributed by atoms with Crippen molar-refractivity contribution in [3.05, 3.63) is 17.7 Å². The molecule has 1 fully saturated rings. The highest BCUT2D eigenvalue weighted by molar-refractivity contribution is 8.00. The van der Waals surface area contributed by atoms with E-state index < -0.39 is 0 Å². The van der Waals surface area contributed by atoms with Gasteiger partial charge < -0.3 is 10.7 Å². The van der Waals surface area contributed by atoms with E-state index in [1.165, 1.54) is 0 Å². The first-order valence-corrected chi connectivity index (χ1v) is 7.91. The molecular formula is C13H21N5OS. The number of nitrogens with zero attached hydrogens (tertiary/aromatic N) is 2. The zero-order valence-electron chi connectivity index (χ0n) is 12.1. The SMILES string of the molecule is CSC1(CNC(=O)c2nc(C(C)C)ncc2NN)CC1. The summed E-state index contributed by atoms with van der Waals surface area (Å²) in [5, 5.41) is 2.95. The Bertz CT molecular complexity index is 502. The van der Waals surface area contributed by atoms with Crippen LogP contribution >= 0.6 is 11.8 Å². The molecule has 1 saturated carbocycles. The molecule has 1 aromatic rings. The lowest BCUT2D eigenvalue weighted by Crippen LogP contribution is -2.33. The number of rotatable bonds is 6. The zero-order valence-corrected chi connectivity index (χ0v) is 12.9. The smallest absolute Gasteiger partial charge is 0.272 e. The largest absolute Gasteiger partial charge is 0.349 e. The number of nitrogens with one attached hydrogen (secondary N) is 2. The van der Waals surface area contributed by atoms with E-state index in [0.717, 1.165) is 12.8 Å². The Morgan fingerprint density at radius 3 is 2.75 bits per heavy atom. The minimum atomic E-state index is -0.206. The van der Waals surface area contributed by atoms with E-state index in [4.69, 9.17) is 5.84 Å². The highest BCUT2D eigenvalue weighted by Gasteiger charge is 2.42. The van der Waals surface area contributed by atoms with Crippen LogP contribution in [0.15, 0.2) is 6.20 Å². The molecule has 6 nitrogen and oxygen atoms in total. The summed E-state index contributed by atoms with van der Waals surface area (Å²) in [7, 11) is 0. The lowest BCUT2D eigenvalue weighted by atomic mass is 10.2. The van der Waals surface area contributed by atoms with Gasteiger partial charge >= 0.3 is 0 Å². The first-order valence-electron chi connectivity index (χ1n) is 6.68. The molecule has 1 aromatic heterocycles. The van der Waals surface area contributed by atoms with E-state index in [-0.39, 0.29) is 16.6 Å². The maximum absolute atomic E-state index is 12.3. The molecule has 4 N–H and O–H groups in total. The molecule has 1 heterocycles. The van der Waals surface area contributed by atoms with Crippen LogP contribution in [0.3, 0.4) is 0 Å². The third-order valence-corrected chi connectivity index (χ3v) is 4.92. The van der Waals surface area contributed by atoms with Crippen molar-refractivity contribution in [1.82, 2.24) is 15.3 Å². The number of carbonyl (C=O) groups is 1. The van der Waals surface area contributed by atoms with E-state index in [1.807, 2.05) is 13.8 Å². The summed E-state index contributed by atoms with van der Waals surface area (Å²) < 4.78 is 0.222. The Morgan fingerprint density at radius 1 is 1.55 bits per heavy atom. The molecule has 0 saturated heterocycles. The van der Waals surface area contributed by atoms with Crippen LogP contribution in [-0.4, -0.2) is 33.4 Å². The molecule has 20 heavy (non-hydrogen) atoms. The molecule has 0 spiro atoms. The highest BCUT2D eigenvalue weighted by atomic mass is 32.2. The van der Waals surface area contributed by atoms with Crippen LogP contribution in [0.4, 0.5) is 5.69 Å². The Hall–Kier alpha value is -1.34. The molecule has 7 heteroatoms. The second kappa shape index (κ2) is 5.97. The van der Waals surface area contributed by atoms with Crippen LogP contribution in [0.1, 0.15) is 48.9 Å². The van der Waals surface area contributed by atoms with Gasteiger partial charge in [-0.2, -0.15) is 11.8 Å². The molecule has 0 aromatic carbocycles. The third kappa shape index (κ3) is 3.21. The molecule has 2 rings (SSSR count). The maximum atomic E-state index is 12.3. The lowest BCUT2D eigenvalue weighted by Gasteiger charge is -2.15. The van der Waals surface area contributed by atoms with Crippen LogP contribution in [0.5, 0.6) is 0 Å². The van der Waals surface area contributed by atoms with Gasteiger partial charge in [-0.05, 0) is 19.1 Å². The van der Waals surface area contributed by atoms with Crippen molar-refractivity contribution in [1.29, 1.82) is 0 Å². The van der Waals surface area contributed by atoms with Gasteiger partial charge in [0.1, 0.15) is 5.82 Å². The topological polar surface area (TPSA) is 92.9 Å². The predicted octanol–water partition coefficient (Wildman–Crippen LogP) is 1.51. The lowest BCUT2D eigenvalue weighted by molar-refractivity contribution is 0.0948. The predicted molar refractivity (Wildman–Crippen MR) is 81.7 cm³/mol. The number of hydrogen-bond donors (Lipinski definition) is 3. The van der Waals surface area contributed by atoms with Crippen LogP contribution in [0.25, 0.3) is 0 Å². The molecule has 0 radical (unpaired) electrons. The van der Waals surface area contributed by atoms with Gasteiger partial charge in [0.25, 0.3) is 5.91 Å². The monoisotopic (exact) mass is 295 g/mol. The van der Waals surface area contributed by atoms with Crippen molar-refractivity contribution in [2.45, 2.75) is 37.4 Å². The molecular weight excluding hydrogens is 274 g/mol. The van der Waals surface area contributed by atoms with Crippen LogP contribution in [-0.2, 0) is 0 Å². The molecule has 1 aliphatic carbocycles. The van der Waals surface area contributed by atoms with Gasteiger partial charge in [-0.1, -0.05) is 13.8 Å². The van der Waals surface area contributed by atoms with Crippen LogP contribution < -0.4 is 16.6 Å². The number of thioether (sulfide) groups is 1. The van der Waals surface area contributed by atoms with Gasteiger partial charge in [-0.25, -0.2) is 9.97 Å². The fourth-order valence-electron chi connectivity index (χ4n) is 1.87. The second-order valence-corrected chi connectivity index (χ2v) is 6.63. The second-order valence-electron chi connectivity index (χ2n) is 5.36. The molecule has 110 valence electrons. The highest BCUT2D eigenvalue weighted by Crippen LogP contribution is 2.46. The van der Waals surface area contributed by atoms with Gasteiger partial charge in [-0.3, -0.25) is 10.6 Å². The van der Waals surface area contributed by atoms with Gasteiger partial charge in [0.05, 0.1) is 11.9 Å². The molecule has 1 aliphatic rings. The number of hydrazine groups is 1. The minimum Gasteiger partial charge on any atom is -0.349 e. The van der Waals surface area contributed by atoms with E-state index in [2.05, 4.69) is 27.0 Å². The summed E-state index contributed by atoms with van der Waals surface area (Å²) in [5.74, 6) is 6.02. The van der Waals surface area contributed by atoms with Crippen molar-refractivity contribution in [2.75, 3.05) is 18.2 Å². The summed E-state index contributed by atoms with van der Waals surface area (Å²) in [6.07, 6.45) is 5.93. The average molecular weight is 295 g/mol. The maximum Gasteiger partial charge on any atom is 0.272 e. The van der Waals surface area contributed by atoms with E-state index in [1.54, 1.807) is 18.0 Å². The Kier molecular flexibility index (Phi) is 4.49. The Labute approximate surface area is 123 Å². The zero-order chi connectivity index (χ0) is 14.8. The van der Waals surface area contributed by atoms with Crippen LogP contribution in [0.2, 0.25) is 0 Å². The quantitative estimate of drug-likeness (QED) is 0.544. The summed E-state index contributed by atoms with van der Waals surface area (Å²) in [4.78, 5) is 20.8. The van der Waals surface area contributed by atoms with Gasteiger partial charge in [0.2, 0.25) is 0 Å². The minimum absolute atomic E-state index is 0.161. The van der Waals surface area contributed by atoms with Crippen molar-refractivity contribution in [3.63, 3.8) is 0 Å². The molecule has 1 amide bonds. The summed E-state index contributed by atoms with van der Waals surface area (Å²) in [5.41, 5.74) is 3.23. The molecule has 0 bridgehead atoms. The number of carbonyl (C=O) groups excluding carboxylic acids is 1. The standard InChI is InChI=1S/C13H21N5OS/c1-8(2)11-15-6-9(18-14)10(17-11)12(19)16-7-13(20-3)4-5-13/h6,8,18H,4-5,7,14H2,1-3H3,(H,16,19). The first-order chi connectivity index (χ1) is 9.51. The molecule has 0 aliphatic heterocycles. The number of nitrogen functional groups attached to an aromatic ring is 1. The Balaban J connectivity index is 2.12. The number of nitrogens with two attached hydrogens (primary N) is 1. The number of anilines is 1. The normalized spacial score (nSPS) is 16.1. The van der Waals surface area contributed by atoms with Crippen LogP contribution in [0, 0.1) is 0 Å². The number of hydrogen-bond acceptors (Lipinski definition) is 6. The van der Waals surface area contributed by atoms with Gasteiger partial charge in [0, 0.05) is 17.2 Å². The fraction of sp³-hybridized carbons (Fsp3) is 0.615. The molecule has 0 unspecified atom stereocenters. The van der Waals surface area contributed by atoms with E-state index >= 15 is 0 Å².